The summed E-state index contributed by atoms with van der Waals surface area (Å²) in [4.78, 5) is 35.3. The Bertz CT molecular complexity index is 1140. The van der Waals surface area contributed by atoms with Crippen LogP contribution in [0.15, 0.2) is 36.4 Å². The Morgan fingerprint density at radius 2 is 1.97 bits per heavy atom. The summed E-state index contributed by atoms with van der Waals surface area (Å²) in [5.74, 6) is -1.46. The van der Waals surface area contributed by atoms with Gasteiger partial charge in [0.05, 0.1) is 16.4 Å². The highest BCUT2D eigenvalue weighted by molar-refractivity contribution is 7.92. The second kappa shape index (κ2) is 8.23. The van der Waals surface area contributed by atoms with E-state index in [0.29, 0.717) is 24.2 Å². The summed E-state index contributed by atoms with van der Waals surface area (Å²) in [5, 5.41) is 11.1. The van der Waals surface area contributed by atoms with E-state index in [1.807, 2.05) is 0 Å². The molecule has 0 atom stereocenters. The number of benzene rings is 2. The van der Waals surface area contributed by atoms with Crippen molar-refractivity contribution >= 4 is 33.2 Å². The average molecular weight is 432 g/mol. The van der Waals surface area contributed by atoms with Crippen molar-refractivity contribution in [2.45, 2.75) is 20.3 Å². The topological polar surface area (TPSA) is 124 Å². The first-order chi connectivity index (χ1) is 14.2. The summed E-state index contributed by atoms with van der Waals surface area (Å²) in [7, 11) is -3.39. The molecule has 0 saturated carbocycles. The van der Waals surface area contributed by atoms with Crippen molar-refractivity contribution in [2.75, 3.05) is 23.2 Å². The van der Waals surface area contributed by atoms with Gasteiger partial charge in [-0.25, -0.2) is 13.2 Å². The first-order valence-corrected chi connectivity index (χ1v) is 10.8. The summed E-state index contributed by atoms with van der Waals surface area (Å²) in [5.41, 5.74) is 1.33. The second-order valence-corrected chi connectivity index (χ2v) is 8.97. The van der Waals surface area contributed by atoms with Crippen molar-refractivity contribution in [3.05, 3.63) is 68.8 Å². The zero-order chi connectivity index (χ0) is 22.1. The van der Waals surface area contributed by atoms with Crippen molar-refractivity contribution in [1.82, 2.24) is 0 Å². The van der Waals surface area contributed by atoms with Gasteiger partial charge in [0.1, 0.15) is 5.56 Å². The fourth-order valence-electron chi connectivity index (χ4n) is 3.35. The SMILES string of the molecule is CCS(=O)(=O)N1CCc2cc(C(=O)COC(=O)c3c(C)cccc3[N+](=O)[O-])ccc21. The minimum Gasteiger partial charge on any atom is -0.453 e. The number of ether oxygens (including phenoxy) is 1. The summed E-state index contributed by atoms with van der Waals surface area (Å²) >= 11 is 0. The van der Waals surface area contributed by atoms with Gasteiger partial charge in [-0.2, -0.15) is 0 Å². The molecule has 158 valence electrons. The number of sulfonamides is 1. The Hall–Kier alpha value is -3.27. The number of rotatable bonds is 7. The molecule has 0 radical (unpaired) electrons. The van der Waals surface area contributed by atoms with Gasteiger partial charge in [-0.3, -0.25) is 19.2 Å². The van der Waals surface area contributed by atoms with E-state index in [4.69, 9.17) is 4.74 Å². The predicted molar refractivity (Wildman–Crippen MR) is 109 cm³/mol. The van der Waals surface area contributed by atoms with Crippen LogP contribution in [-0.4, -0.2) is 44.0 Å². The van der Waals surface area contributed by atoms with Crippen LogP contribution in [-0.2, 0) is 21.2 Å². The zero-order valence-electron chi connectivity index (χ0n) is 16.5. The van der Waals surface area contributed by atoms with Crippen LogP contribution in [0.2, 0.25) is 0 Å². The van der Waals surface area contributed by atoms with Crippen molar-refractivity contribution in [1.29, 1.82) is 0 Å². The largest absolute Gasteiger partial charge is 0.453 e. The van der Waals surface area contributed by atoms with Gasteiger partial charge in [0.15, 0.2) is 12.4 Å². The van der Waals surface area contributed by atoms with Gasteiger partial charge >= 0.3 is 5.97 Å². The number of hydrogen-bond donors (Lipinski definition) is 0. The molecule has 9 nitrogen and oxygen atoms in total. The van der Waals surface area contributed by atoms with Crippen LogP contribution >= 0.6 is 0 Å². The van der Waals surface area contributed by atoms with Crippen LogP contribution in [0.4, 0.5) is 11.4 Å². The number of nitro groups is 1. The van der Waals surface area contributed by atoms with Crippen LogP contribution in [0.1, 0.15) is 38.8 Å². The van der Waals surface area contributed by atoms with Gasteiger partial charge in [-0.1, -0.05) is 12.1 Å². The lowest BCUT2D eigenvalue weighted by Crippen LogP contribution is -2.30. The molecule has 0 amide bonds. The number of carbonyl (C=O) groups excluding carboxylic acids is 2. The molecule has 0 N–H and O–H groups in total. The Morgan fingerprint density at radius 3 is 2.63 bits per heavy atom. The molecule has 3 rings (SSSR count). The lowest BCUT2D eigenvalue weighted by molar-refractivity contribution is -0.385. The van der Waals surface area contributed by atoms with E-state index in [2.05, 4.69) is 0 Å². The summed E-state index contributed by atoms with van der Waals surface area (Å²) in [6, 6.07) is 8.84. The molecule has 1 aliphatic rings. The molecule has 1 heterocycles. The molecule has 10 heteroatoms. The minimum absolute atomic E-state index is 0.0197. The summed E-state index contributed by atoms with van der Waals surface area (Å²) in [6.07, 6.45) is 0.477. The van der Waals surface area contributed by atoms with Gasteiger partial charge in [0.25, 0.3) is 5.69 Å². The minimum atomic E-state index is -3.39. The molecule has 1 aliphatic heterocycles. The number of fused-ring (bicyclic) bond motifs is 1. The van der Waals surface area contributed by atoms with E-state index in [0.717, 1.165) is 5.56 Å². The molecule has 2 aromatic rings. The van der Waals surface area contributed by atoms with E-state index in [1.165, 1.54) is 22.5 Å². The zero-order valence-corrected chi connectivity index (χ0v) is 17.3. The first kappa shape index (κ1) is 21.4. The van der Waals surface area contributed by atoms with Gasteiger partial charge in [-0.05, 0) is 49.6 Å². The van der Waals surface area contributed by atoms with E-state index in [9.17, 15) is 28.1 Å². The monoisotopic (exact) mass is 432 g/mol. The molecule has 0 saturated heterocycles. The van der Waals surface area contributed by atoms with E-state index in [1.54, 1.807) is 32.0 Å². The Kier molecular flexibility index (Phi) is 5.88. The molecule has 30 heavy (non-hydrogen) atoms. The summed E-state index contributed by atoms with van der Waals surface area (Å²) < 4.78 is 30.7. The number of hydrogen-bond acceptors (Lipinski definition) is 7. The smallest absolute Gasteiger partial charge is 0.345 e. The van der Waals surface area contributed by atoms with Gasteiger partial charge in [0, 0.05) is 18.2 Å². The van der Waals surface area contributed by atoms with Gasteiger partial charge in [-0.15, -0.1) is 0 Å². The van der Waals surface area contributed by atoms with Crippen LogP contribution in [0.5, 0.6) is 0 Å². The molecule has 0 unspecified atom stereocenters. The van der Waals surface area contributed by atoms with Gasteiger partial charge < -0.3 is 4.74 Å². The summed E-state index contributed by atoms with van der Waals surface area (Å²) in [6.45, 7) is 2.84. The highest BCUT2D eigenvalue weighted by Gasteiger charge is 2.29. The van der Waals surface area contributed by atoms with Crippen LogP contribution in [0, 0.1) is 17.0 Å². The maximum Gasteiger partial charge on any atom is 0.345 e. The molecule has 0 fully saturated rings. The highest BCUT2D eigenvalue weighted by Crippen LogP contribution is 2.31. The Balaban J connectivity index is 1.74. The fraction of sp³-hybridized carbons (Fsp3) is 0.300. The van der Waals surface area contributed by atoms with Crippen LogP contribution < -0.4 is 4.31 Å². The van der Waals surface area contributed by atoms with Crippen molar-refractivity contribution in [3.8, 4) is 0 Å². The van der Waals surface area contributed by atoms with Crippen LogP contribution in [0.25, 0.3) is 0 Å². The maximum absolute atomic E-state index is 12.5. The van der Waals surface area contributed by atoms with E-state index >= 15 is 0 Å². The van der Waals surface area contributed by atoms with Crippen molar-refractivity contribution < 1.29 is 27.7 Å². The predicted octanol–water partition coefficient (Wildman–Crippen LogP) is 2.66. The third-order valence-electron chi connectivity index (χ3n) is 4.94. The highest BCUT2D eigenvalue weighted by atomic mass is 32.2. The van der Waals surface area contributed by atoms with E-state index < -0.39 is 33.3 Å². The Labute approximate surface area is 173 Å². The second-order valence-electron chi connectivity index (χ2n) is 6.79. The lowest BCUT2D eigenvalue weighted by Gasteiger charge is -2.18. The standard InChI is InChI=1S/C20H20N2O7S/c1-3-30(27,28)21-10-9-14-11-15(7-8-16(14)21)18(23)12-29-20(24)19-13(2)5-4-6-17(19)22(25)26/h4-8,11H,3,9-10,12H2,1-2H3. The third kappa shape index (κ3) is 4.04. The number of anilines is 1. The number of Topliss-reactive ketones (excluding diaryl/α,β-unsaturated/α-hetero) is 1. The number of carbonyl (C=O) groups is 2. The fourth-order valence-corrected chi connectivity index (χ4v) is 4.51. The van der Waals surface area contributed by atoms with Crippen LogP contribution in [0.3, 0.4) is 0 Å². The normalized spacial score (nSPS) is 13.1. The third-order valence-corrected chi connectivity index (χ3v) is 6.72. The van der Waals surface area contributed by atoms with Crippen molar-refractivity contribution in [3.63, 3.8) is 0 Å². The average Bonchev–Trinajstić information content (AvgIpc) is 3.15. The van der Waals surface area contributed by atoms with E-state index in [-0.39, 0.29) is 22.6 Å². The molecule has 2 aromatic carbocycles. The Morgan fingerprint density at radius 1 is 1.23 bits per heavy atom. The lowest BCUT2D eigenvalue weighted by atomic mass is 10.1. The molecule has 0 bridgehead atoms. The number of aryl methyl sites for hydroxylation is 1. The molecule has 0 aliphatic carbocycles. The molecule has 0 spiro atoms. The van der Waals surface area contributed by atoms with Gasteiger partial charge in [0.2, 0.25) is 10.0 Å². The number of nitro benzene ring substituents is 1. The maximum atomic E-state index is 12.5. The number of nitrogens with zero attached hydrogens (tertiary/aromatic N) is 2. The molecule has 0 aromatic heterocycles. The quantitative estimate of drug-likeness (QED) is 0.285. The molecular formula is C20H20N2O7S. The number of ketones is 1. The molecular weight excluding hydrogens is 412 g/mol. The van der Waals surface area contributed by atoms with Crippen molar-refractivity contribution in [2.24, 2.45) is 0 Å². The number of esters is 1. The first-order valence-electron chi connectivity index (χ1n) is 9.23.